The highest BCUT2D eigenvalue weighted by molar-refractivity contribution is 7.80. The van der Waals surface area contributed by atoms with Crippen LogP contribution in [0.2, 0.25) is 0 Å². The Balaban J connectivity index is 2.63. The summed E-state index contributed by atoms with van der Waals surface area (Å²) >= 11 is 4.93. The van der Waals surface area contributed by atoms with Gasteiger partial charge in [0.1, 0.15) is 10.7 Å². The Morgan fingerprint density at radius 3 is 2.93 bits per heavy atom. The molecule has 0 radical (unpaired) electrons. The molecule has 4 heteroatoms. The van der Waals surface area contributed by atoms with Gasteiger partial charge in [-0.25, -0.2) is 0 Å². The Kier molecular flexibility index (Phi) is 4.49. The van der Waals surface area contributed by atoms with E-state index in [-0.39, 0.29) is 0 Å². The molecule has 0 saturated carbocycles. The van der Waals surface area contributed by atoms with Crippen molar-refractivity contribution in [2.24, 2.45) is 11.7 Å². The summed E-state index contributed by atoms with van der Waals surface area (Å²) in [5, 5.41) is 3.30. The van der Waals surface area contributed by atoms with Gasteiger partial charge >= 0.3 is 0 Å². The normalized spacial score (nSPS) is 10.3. The van der Waals surface area contributed by atoms with Gasteiger partial charge in [0, 0.05) is 12.7 Å². The van der Waals surface area contributed by atoms with Gasteiger partial charge in [0.05, 0.1) is 5.69 Å². The van der Waals surface area contributed by atoms with Crippen molar-refractivity contribution in [2.75, 3.05) is 11.9 Å². The molecule has 1 heterocycles. The van der Waals surface area contributed by atoms with E-state index in [1.807, 2.05) is 12.1 Å². The van der Waals surface area contributed by atoms with Crippen molar-refractivity contribution in [3.05, 3.63) is 24.0 Å². The molecular weight excluding hydrogens is 206 g/mol. The highest BCUT2D eigenvalue weighted by Gasteiger charge is 2.04. The third-order valence-corrected chi connectivity index (χ3v) is 2.27. The van der Waals surface area contributed by atoms with Gasteiger partial charge < -0.3 is 11.1 Å². The molecular formula is C11H17N3S. The van der Waals surface area contributed by atoms with Gasteiger partial charge in [-0.2, -0.15) is 0 Å². The van der Waals surface area contributed by atoms with E-state index in [1.165, 1.54) is 0 Å². The van der Waals surface area contributed by atoms with Crippen molar-refractivity contribution in [1.82, 2.24) is 4.98 Å². The average Bonchev–Trinajstić information content (AvgIpc) is 2.17. The van der Waals surface area contributed by atoms with E-state index in [9.17, 15) is 0 Å². The molecule has 82 valence electrons. The van der Waals surface area contributed by atoms with Gasteiger partial charge in [0.2, 0.25) is 0 Å². The minimum atomic E-state index is 0.336. The molecule has 3 N–H and O–H groups in total. The molecule has 1 rings (SSSR count). The highest BCUT2D eigenvalue weighted by atomic mass is 32.1. The predicted molar refractivity (Wildman–Crippen MR) is 68.1 cm³/mol. The second kappa shape index (κ2) is 5.66. The number of hydrogen-bond donors (Lipinski definition) is 2. The van der Waals surface area contributed by atoms with Gasteiger partial charge in [-0.3, -0.25) is 4.98 Å². The van der Waals surface area contributed by atoms with Crippen molar-refractivity contribution in [3.8, 4) is 0 Å². The second-order valence-corrected chi connectivity index (χ2v) is 4.31. The lowest BCUT2D eigenvalue weighted by atomic mass is 10.1. The molecule has 0 amide bonds. The van der Waals surface area contributed by atoms with E-state index in [1.54, 1.807) is 6.20 Å². The van der Waals surface area contributed by atoms with Crippen molar-refractivity contribution < 1.29 is 0 Å². The molecule has 0 atom stereocenters. The molecule has 0 bridgehead atoms. The third kappa shape index (κ3) is 3.83. The second-order valence-electron chi connectivity index (χ2n) is 3.87. The zero-order valence-electron chi connectivity index (χ0n) is 9.16. The van der Waals surface area contributed by atoms with Crippen molar-refractivity contribution in [2.45, 2.75) is 20.3 Å². The van der Waals surface area contributed by atoms with Gasteiger partial charge in [0.25, 0.3) is 0 Å². The maximum absolute atomic E-state index is 5.58. The number of nitrogens with one attached hydrogen (secondary N) is 1. The van der Waals surface area contributed by atoms with Crippen LogP contribution in [0.15, 0.2) is 18.3 Å². The molecule has 3 nitrogen and oxygen atoms in total. The molecule has 1 aromatic rings. The van der Waals surface area contributed by atoms with Gasteiger partial charge in [-0.1, -0.05) is 26.1 Å². The summed E-state index contributed by atoms with van der Waals surface area (Å²) in [6.45, 7) is 5.30. The van der Waals surface area contributed by atoms with Crippen LogP contribution in [-0.4, -0.2) is 16.5 Å². The molecule has 0 aliphatic carbocycles. The number of thiocarbonyl (C=S) groups is 1. The predicted octanol–water partition coefficient (Wildman–Crippen LogP) is 2.17. The number of nitrogens with zero attached hydrogens (tertiary/aromatic N) is 1. The number of nitrogens with two attached hydrogens (primary N) is 1. The zero-order valence-corrected chi connectivity index (χ0v) is 9.97. The first-order valence-corrected chi connectivity index (χ1v) is 5.50. The summed E-state index contributed by atoms with van der Waals surface area (Å²) in [7, 11) is 0. The van der Waals surface area contributed by atoms with E-state index < -0.39 is 0 Å². The molecule has 0 aliphatic rings. The Bertz CT molecular complexity index is 336. The molecule has 15 heavy (non-hydrogen) atoms. The number of pyridine rings is 1. The maximum atomic E-state index is 5.58. The minimum Gasteiger partial charge on any atom is -0.388 e. The van der Waals surface area contributed by atoms with Crippen LogP contribution in [-0.2, 0) is 0 Å². The van der Waals surface area contributed by atoms with Crippen molar-refractivity contribution in [3.63, 3.8) is 0 Å². The van der Waals surface area contributed by atoms with Gasteiger partial charge in [-0.15, -0.1) is 0 Å². The average molecular weight is 223 g/mol. The number of rotatable bonds is 5. The first kappa shape index (κ1) is 11.9. The first-order valence-electron chi connectivity index (χ1n) is 5.10. The molecule has 0 fully saturated rings. The molecule has 0 saturated heterocycles. The molecule has 1 aromatic heterocycles. The molecule has 0 spiro atoms. The fourth-order valence-electron chi connectivity index (χ4n) is 1.24. The van der Waals surface area contributed by atoms with Crippen LogP contribution in [0.25, 0.3) is 0 Å². The van der Waals surface area contributed by atoms with Crippen molar-refractivity contribution >= 4 is 22.9 Å². The van der Waals surface area contributed by atoms with Crippen LogP contribution in [0, 0.1) is 5.92 Å². The van der Waals surface area contributed by atoms with E-state index in [0.29, 0.717) is 16.6 Å². The lowest BCUT2D eigenvalue weighted by molar-refractivity contribution is 0.607. The van der Waals surface area contributed by atoms with Crippen LogP contribution in [0.5, 0.6) is 0 Å². The number of aromatic nitrogens is 1. The van der Waals surface area contributed by atoms with Gasteiger partial charge in [-0.05, 0) is 24.5 Å². The summed E-state index contributed by atoms with van der Waals surface area (Å²) in [6.07, 6.45) is 2.81. The lowest BCUT2D eigenvalue weighted by Crippen LogP contribution is -2.16. The SMILES string of the molecule is CC(C)CCNc1cccnc1C(N)=S. The Morgan fingerprint density at radius 1 is 1.60 bits per heavy atom. The minimum absolute atomic E-state index is 0.336. The smallest absolute Gasteiger partial charge is 0.124 e. The quantitative estimate of drug-likeness (QED) is 0.751. The van der Waals surface area contributed by atoms with Crippen LogP contribution < -0.4 is 11.1 Å². The molecule has 0 aromatic carbocycles. The Morgan fingerprint density at radius 2 is 2.33 bits per heavy atom. The van der Waals surface area contributed by atoms with E-state index in [4.69, 9.17) is 18.0 Å². The summed E-state index contributed by atoms with van der Waals surface area (Å²) in [6, 6.07) is 3.82. The molecule has 0 unspecified atom stereocenters. The fraction of sp³-hybridized carbons (Fsp3) is 0.455. The largest absolute Gasteiger partial charge is 0.388 e. The zero-order chi connectivity index (χ0) is 11.3. The number of hydrogen-bond acceptors (Lipinski definition) is 3. The Hall–Kier alpha value is -1.16. The topological polar surface area (TPSA) is 50.9 Å². The van der Waals surface area contributed by atoms with Crippen LogP contribution in [0.3, 0.4) is 0 Å². The summed E-state index contributed by atoms with van der Waals surface area (Å²) in [5.74, 6) is 0.683. The van der Waals surface area contributed by atoms with Crippen LogP contribution >= 0.6 is 12.2 Å². The van der Waals surface area contributed by atoms with Gasteiger partial charge in [0.15, 0.2) is 0 Å². The summed E-state index contributed by atoms with van der Waals surface area (Å²) < 4.78 is 0. The van der Waals surface area contributed by atoms with Crippen LogP contribution in [0.1, 0.15) is 26.0 Å². The highest BCUT2D eigenvalue weighted by Crippen LogP contribution is 2.12. The lowest BCUT2D eigenvalue weighted by Gasteiger charge is -2.11. The monoisotopic (exact) mass is 223 g/mol. The van der Waals surface area contributed by atoms with E-state index in [0.717, 1.165) is 18.7 Å². The fourth-order valence-corrected chi connectivity index (χ4v) is 1.40. The Labute approximate surface area is 96.1 Å². The summed E-state index contributed by atoms with van der Waals surface area (Å²) in [4.78, 5) is 4.48. The summed E-state index contributed by atoms with van der Waals surface area (Å²) in [5.41, 5.74) is 7.17. The maximum Gasteiger partial charge on any atom is 0.124 e. The first-order chi connectivity index (χ1) is 7.11. The number of anilines is 1. The van der Waals surface area contributed by atoms with E-state index >= 15 is 0 Å². The van der Waals surface area contributed by atoms with E-state index in [2.05, 4.69) is 24.1 Å². The third-order valence-electron chi connectivity index (χ3n) is 2.08. The standard InChI is InChI=1S/C11H17N3S/c1-8(2)5-7-13-9-4-3-6-14-10(9)11(12)15/h3-4,6,8,13H,5,7H2,1-2H3,(H2,12,15). The van der Waals surface area contributed by atoms with Crippen LogP contribution in [0.4, 0.5) is 5.69 Å². The molecule has 0 aliphatic heterocycles. The van der Waals surface area contributed by atoms with Crippen molar-refractivity contribution in [1.29, 1.82) is 0 Å².